The molecule has 1 aromatic heterocycles. The monoisotopic (exact) mass is 401 g/mol. The van der Waals surface area contributed by atoms with Crippen molar-refractivity contribution in [3.63, 3.8) is 0 Å². The predicted octanol–water partition coefficient (Wildman–Crippen LogP) is 3.50. The quantitative estimate of drug-likeness (QED) is 0.691. The van der Waals surface area contributed by atoms with Gasteiger partial charge in [-0.15, -0.1) is 4.40 Å². The zero-order chi connectivity index (χ0) is 18.9. The van der Waals surface area contributed by atoms with Crippen LogP contribution in [0, 0.1) is 0 Å². The number of guanidine groups is 1. The molecule has 0 bridgehead atoms. The lowest BCUT2D eigenvalue weighted by Crippen LogP contribution is -2.29. The Bertz CT molecular complexity index is 1140. The molecular formula is C17H12ClN5O3S. The highest BCUT2D eigenvalue weighted by molar-refractivity contribution is 7.90. The summed E-state index contributed by atoms with van der Waals surface area (Å²) < 4.78 is 34.7. The SMILES string of the molecule is O=S1(=O)N=C(Nc2ncccn2)Nc2c(Oc3ccccc3Cl)cccc21. The Hall–Kier alpha value is -3.17. The van der Waals surface area contributed by atoms with Gasteiger partial charge in [-0.05, 0) is 30.3 Å². The number of halogens is 1. The molecule has 1 aliphatic heterocycles. The number of fused-ring (bicyclic) bond motifs is 1. The van der Waals surface area contributed by atoms with Gasteiger partial charge in [0.25, 0.3) is 10.0 Å². The summed E-state index contributed by atoms with van der Waals surface area (Å²) in [5, 5.41) is 6.06. The van der Waals surface area contributed by atoms with Gasteiger partial charge in [0.2, 0.25) is 11.9 Å². The lowest BCUT2D eigenvalue weighted by Gasteiger charge is -2.21. The third kappa shape index (κ3) is 3.55. The number of sulfonamides is 1. The van der Waals surface area contributed by atoms with E-state index in [-0.39, 0.29) is 28.2 Å². The molecule has 3 aromatic rings. The van der Waals surface area contributed by atoms with Crippen LogP contribution in [0.1, 0.15) is 0 Å². The second kappa shape index (κ2) is 6.86. The molecule has 27 heavy (non-hydrogen) atoms. The first-order chi connectivity index (χ1) is 13.0. The van der Waals surface area contributed by atoms with Gasteiger partial charge < -0.3 is 10.1 Å². The van der Waals surface area contributed by atoms with E-state index in [1.165, 1.54) is 18.5 Å². The number of hydrogen-bond donors (Lipinski definition) is 2. The average molecular weight is 402 g/mol. The molecule has 0 aliphatic carbocycles. The lowest BCUT2D eigenvalue weighted by molar-refractivity contribution is 0.483. The van der Waals surface area contributed by atoms with Gasteiger partial charge >= 0.3 is 0 Å². The normalized spacial score (nSPS) is 14.5. The van der Waals surface area contributed by atoms with E-state index in [1.54, 1.807) is 42.5 Å². The Balaban J connectivity index is 1.72. The number of rotatable bonds is 3. The molecule has 0 unspecified atom stereocenters. The molecule has 1 aliphatic rings. The predicted molar refractivity (Wildman–Crippen MR) is 102 cm³/mol. The van der Waals surface area contributed by atoms with Crippen LogP contribution in [0.5, 0.6) is 11.5 Å². The third-order valence-corrected chi connectivity index (χ3v) is 5.20. The third-order valence-electron chi connectivity index (χ3n) is 3.57. The minimum Gasteiger partial charge on any atom is -0.454 e. The highest BCUT2D eigenvalue weighted by Gasteiger charge is 2.28. The molecule has 10 heteroatoms. The molecule has 4 rings (SSSR count). The van der Waals surface area contributed by atoms with E-state index in [1.807, 2.05) is 0 Å². The van der Waals surface area contributed by atoms with Crippen LogP contribution in [0.25, 0.3) is 0 Å². The van der Waals surface area contributed by atoms with Crippen molar-refractivity contribution < 1.29 is 13.2 Å². The number of nitrogens with one attached hydrogen (secondary N) is 2. The van der Waals surface area contributed by atoms with Gasteiger partial charge in [0.1, 0.15) is 16.3 Å². The summed E-state index contributed by atoms with van der Waals surface area (Å²) in [6.07, 6.45) is 3.04. The van der Waals surface area contributed by atoms with E-state index in [4.69, 9.17) is 16.3 Å². The molecule has 2 N–H and O–H groups in total. The van der Waals surface area contributed by atoms with Gasteiger partial charge in [-0.25, -0.2) is 9.97 Å². The van der Waals surface area contributed by atoms with E-state index in [2.05, 4.69) is 25.0 Å². The minimum absolute atomic E-state index is 0.00779. The molecule has 0 atom stereocenters. The molecule has 136 valence electrons. The average Bonchev–Trinajstić information content (AvgIpc) is 2.64. The molecule has 8 nitrogen and oxygen atoms in total. The summed E-state index contributed by atoms with van der Waals surface area (Å²) in [6.45, 7) is 0. The van der Waals surface area contributed by atoms with Crippen molar-refractivity contribution in [3.8, 4) is 11.5 Å². The molecule has 0 amide bonds. The number of hydrogen-bond acceptors (Lipinski definition) is 7. The fraction of sp³-hybridized carbons (Fsp3) is 0. The van der Waals surface area contributed by atoms with Crippen molar-refractivity contribution in [2.24, 2.45) is 4.40 Å². The maximum atomic E-state index is 12.6. The van der Waals surface area contributed by atoms with Crippen LogP contribution in [-0.2, 0) is 10.0 Å². The number of anilines is 2. The largest absolute Gasteiger partial charge is 0.454 e. The maximum absolute atomic E-state index is 12.6. The van der Waals surface area contributed by atoms with Gasteiger partial charge in [-0.1, -0.05) is 29.8 Å². The zero-order valence-corrected chi connectivity index (χ0v) is 15.2. The number of aromatic nitrogens is 2. The smallest absolute Gasteiger partial charge is 0.287 e. The van der Waals surface area contributed by atoms with Crippen LogP contribution in [0.3, 0.4) is 0 Å². The first kappa shape index (κ1) is 17.3. The Labute approximate surface area is 160 Å². The molecule has 2 aromatic carbocycles. The molecule has 0 radical (unpaired) electrons. The summed E-state index contributed by atoms with van der Waals surface area (Å²) in [6, 6.07) is 13.2. The topological polar surface area (TPSA) is 106 Å². The van der Waals surface area contributed by atoms with Crippen LogP contribution in [-0.4, -0.2) is 24.3 Å². The van der Waals surface area contributed by atoms with Crippen molar-refractivity contribution in [2.45, 2.75) is 4.90 Å². The van der Waals surface area contributed by atoms with Gasteiger partial charge in [0.05, 0.1) is 5.02 Å². The highest BCUT2D eigenvalue weighted by atomic mass is 35.5. The molecule has 0 saturated carbocycles. The number of para-hydroxylation sites is 2. The van der Waals surface area contributed by atoms with Crippen molar-refractivity contribution in [1.29, 1.82) is 0 Å². The molecule has 2 heterocycles. The van der Waals surface area contributed by atoms with Crippen molar-refractivity contribution >= 4 is 39.2 Å². The van der Waals surface area contributed by atoms with Crippen molar-refractivity contribution in [2.75, 3.05) is 10.6 Å². The number of nitrogens with zero attached hydrogens (tertiary/aromatic N) is 3. The van der Waals surface area contributed by atoms with E-state index < -0.39 is 10.0 Å². The maximum Gasteiger partial charge on any atom is 0.287 e. The fourth-order valence-electron chi connectivity index (χ4n) is 2.41. The van der Waals surface area contributed by atoms with E-state index in [9.17, 15) is 8.42 Å². The second-order valence-corrected chi connectivity index (χ2v) is 7.38. The minimum atomic E-state index is -3.94. The van der Waals surface area contributed by atoms with Crippen LogP contribution < -0.4 is 15.4 Å². The molecule has 0 spiro atoms. The highest BCUT2D eigenvalue weighted by Crippen LogP contribution is 2.39. The van der Waals surface area contributed by atoms with E-state index in [0.717, 1.165) is 0 Å². The Morgan fingerprint density at radius 3 is 2.48 bits per heavy atom. The summed E-state index contributed by atoms with van der Waals surface area (Å²) >= 11 is 6.13. The Morgan fingerprint density at radius 1 is 0.963 bits per heavy atom. The summed E-state index contributed by atoms with van der Waals surface area (Å²) in [5.74, 6) is 0.846. The van der Waals surface area contributed by atoms with Crippen LogP contribution >= 0.6 is 11.6 Å². The van der Waals surface area contributed by atoms with Gasteiger partial charge in [0.15, 0.2) is 5.75 Å². The first-order valence-electron chi connectivity index (χ1n) is 7.74. The summed E-state index contributed by atoms with van der Waals surface area (Å²) in [4.78, 5) is 7.98. The summed E-state index contributed by atoms with van der Waals surface area (Å²) in [7, 11) is -3.94. The zero-order valence-electron chi connectivity index (χ0n) is 13.6. The Kier molecular flexibility index (Phi) is 4.38. The van der Waals surface area contributed by atoms with Crippen molar-refractivity contribution in [1.82, 2.24) is 9.97 Å². The van der Waals surface area contributed by atoms with Crippen molar-refractivity contribution in [3.05, 3.63) is 65.9 Å². The lowest BCUT2D eigenvalue weighted by atomic mass is 10.3. The van der Waals surface area contributed by atoms with Gasteiger partial charge in [0, 0.05) is 12.4 Å². The standard InChI is InChI=1S/C17H12ClN5O3S/c18-11-5-1-2-6-12(11)26-13-7-3-8-14-15(13)21-17(23-27(14,24)25)22-16-19-9-4-10-20-16/h1-10H,(H2,19,20,21,22,23). The van der Waals surface area contributed by atoms with Gasteiger partial charge in [-0.3, -0.25) is 5.32 Å². The number of ether oxygens (including phenoxy) is 1. The van der Waals surface area contributed by atoms with Crippen LogP contribution in [0.2, 0.25) is 5.02 Å². The molecule has 0 saturated heterocycles. The fourth-order valence-corrected chi connectivity index (χ4v) is 3.68. The second-order valence-electron chi connectivity index (χ2n) is 5.40. The van der Waals surface area contributed by atoms with Crippen LogP contribution in [0.15, 0.2) is 70.2 Å². The van der Waals surface area contributed by atoms with Crippen LogP contribution in [0.4, 0.5) is 11.6 Å². The van der Waals surface area contributed by atoms with Gasteiger partial charge in [-0.2, -0.15) is 8.42 Å². The Morgan fingerprint density at radius 2 is 1.70 bits per heavy atom. The first-order valence-corrected chi connectivity index (χ1v) is 9.56. The van der Waals surface area contributed by atoms with E-state index >= 15 is 0 Å². The number of benzene rings is 2. The van der Waals surface area contributed by atoms with E-state index in [0.29, 0.717) is 10.8 Å². The molecular weight excluding hydrogens is 390 g/mol. The molecule has 0 fully saturated rings. The summed E-state index contributed by atoms with van der Waals surface area (Å²) in [5.41, 5.74) is 0.242.